The van der Waals surface area contributed by atoms with Crippen molar-refractivity contribution in [1.29, 1.82) is 0 Å². The van der Waals surface area contributed by atoms with Crippen LogP contribution in [0.25, 0.3) is 0 Å². The van der Waals surface area contributed by atoms with E-state index in [1.807, 2.05) is 0 Å². The summed E-state index contributed by atoms with van der Waals surface area (Å²) in [6.45, 7) is 6.00. The van der Waals surface area contributed by atoms with Crippen molar-refractivity contribution in [3.63, 3.8) is 0 Å². The van der Waals surface area contributed by atoms with Gasteiger partial charge in [0, 0.05) is 0 Å². The zero-order valence-corrected chi connectivity index (χ0v) is 8.67. The molecule has 0 saturated heterocycles. The summed E-state index contributed by atoms with van der Waals surface area (Å²) in [6.07, 6.45) is 0. The Balaban J connectivity index is 0.000000791. The van der Waals surface area contributed by atoms with Crippen LogP contribution >= 0.6 is 11.6 Å². The molecule has 4 heteroatoms. The van der Waals surface area contributed by atoms with Gasteiger partial charge in [-0.05, 0) is 18.2 Å². The first-order valence-electron chi connectivity index (χ1n) is 3.78. The van der Waals surface area contributed by atoms with Gasteiger partial charge in [0.1, 0.15) is 0 Å². The Morgan fingerprint density at radius 2 is 2.07 bits per heavy atom. The number of carbonyl (C=O) groups is 1. The Kier molecular flexibility index (Phi) is 5.41. The van der Waals surface area contributed by atoms with Gasteiger partial charge in [-0.25, -0.2) is 4.79 Å². The van der Waals surface area contributed by atoms with Crippen molar-refractivity contribution in [2.45, 2.75) is 0 Å². The van der Waals surface area contributed by atoms with E-state index < -0.39 is 5.97 Å². The number of anilines is 1. The first-order chi connectivity index (χ1) is 6.65. The first kappa shape index (κ1) is 12.5. The number of ether oxygens (including phenoxy) is 1. The Hall–Kier alpha value is -1.48. The van der Waals surface area contributed by atoms with Crippen LogP contribution in [0.15, 0.2) is 31.4 Å². The van der Waals surface area contributed by atoms with Gasteiger partial charge in [-0.1, -0.05) is 11.6 Å². The van der Waals surface area contributed by atoms with Gasteiger partial charge in [-0.15, -0.1) is 13.2 Å². The summed E-state index contributed by atoms with van der Waals surface area (Å²) in [6, 6.07) is 4.60. The van der Waals surface area contributed by atoms with Gasteiger partial charge in [0.15, 0.2) is 0 Å². The van der Waals surface area contributed by atoms with E-state index in [1.165, 1.54) is 13.2 Å². The average molecular weight is 214 g/mol. The molecule has 1 rings (SSSR count). The average Bonchev–Trinajstić information content (AvgIpc) is 2.24. The lowest BCUT2D eigenvalue weighted by molar-refractivity contribution is 0.0601. The maximum absolute atomic E-state index is 11.0. The van der Waals surface area contributed by atoms with Gasteiger partial charge in [0.2, 0.25) is 0 Å². The number of methoxy groups -OCH3 is 1. The molecule has 0 aliphatic carbocycles. The number of hydrogen-bond donors (Lipinski definition) is 1. The smallest absolute Gasteiger partial charge is 0.337 e. The molecule has 2 N–H and O–H groups in total. The van der Waals surface area contributed by atoms with Crippen LogP contribution in [0.4, 0.5) is 5.69 Å². The van der Waals surface area contributed by atoms with E-state index in [9.17, 15) is 4.79 Å². The summed E-state index contributed by atoms with van der Waals surface area (Å²) >= 11 is 5.68. The molecule has 0 aliphatic rings. The summed E-state index contributed by atoms with van der Waals surface area (Å²) < 4.78 is 4.49. The zero-order valence-electron chi connectivity index (χ0n) is 7.92. The topological polar surface area (TPSA) is 52.3 Å². The Bertz CT molecular complexity index is 326. The van der Waals surface area contributed by atoms with Crippen LogP contribution in [-0.2, 0) is 4.74 Å². The quantitative estimate of drug-likeness (QED) is 0.443. The van der Waals surface area contributed by atoms with Crippen molar-refractivity contribution in [2.24, 2.45) is 0 Å². The lowest BCUT2D eigenvalue weighted by Crippen LogP contribution is -2.01. The number of nitrogen functional groups attached to an aromatic ring is 1. The largest absolute Gasteiger partial charge is 0.465 e. The highest BCUT2D eigenvalue weighted by Gasteiger charge is 2.06. The van der Waals surface area contributed by atoms with Gasteiger partial charge >= 0.3 is 5.97 Å². The Labute approximate surface area is 88.1 Å². The third-order valence-corrected chi connectivity index (χ3v) is 1.75. The highest BCUT2D eigenvalue weighted by molar-refractivity contribution is 6.33. The van der Waals surface area contributed by atoms with Crippen LogP contribution in [0.1, 0.15) is 10.4 Å². The molecule has 0 saturated carbocycles. The van der Waals surface area contributed by atoms with Crippen LogP contribution in [0, 0.1) is 0 Å². The SMILES string of the molecule is C=C.COC(=O)c1ccc(N)c(Cl)c1. The van der Waals surface area contributed by atoms with Crippen LogP contribution in [0.2, 0.25) is 5.02 Å². The van der Waals surface area contributed by atoms with E-state index in [-0.39, 0.29) is 0 Å². The molecule has 0 fully saturated rings. The molecule has 1 aromatic carbocycles. The van der Waals surface area contributed by atoms with Crippen LogP contribution in [0.3, 0.4) is 0 Å². The summed E-state index contributed by atoms with van der Waals surface area (Å²) in [5.74, 6) is -0.420. The summed E-state index contributed by atoms with van der Waals surface area (Å²) in [5, 5.41) is 0.359. The molecule has 0 spiro atoms. The molecule has 0 aromatic heterocycles. The molecular weight excluding hydrogens is 202 g/mol. The summed E-state index contributed by atoms with van der Waals surface area (Å²) in [7, 11) is 1.31. The normalized spacial score (nSPS) is 8.43. The fourth-order valence-corrected chi connectivity index (χ4v) is 0.952. The van der Waals surface area contributed by atoms with Gasteiger partial charge in [-0.2, -0.15) is 0 Å². The molecule has 1 aromatic rings. The molecule has 0 atom stereocenters. The van der Waals surface area contributed by atoms with Crippen LogP contribution < -0.4 is 5.73 Å². The number of nitrogens with two attached hydrogens (primary N) is 1. The molecule has 0 amide bonds. The second-order valence-electron chi connectivity index (χ2n) is 2.23. The molecular formula is C10H12ClNO2. The monoisotopic (exact) mass is 213 g/mol. The highest BCUT2D eigenvalue weighted by atomic mass is 35.5. The van der Waals surface area contributed by atoms with Gasteiger partial charge < -0.3 is 10.5 Å². The lowest BCUT2D eigenvalue weighted by Gasteiger charge is -2.00. The van der Waals surface area contributed by atoms with Crippen molar-refractivity contribution in [1.82, 2.24) is 0 Å². The highest BCUT2D eigenvalue weighted by Crippen LogP contribution is 2.19. The van der Waals surface area contributed by atoms with E-state index >= 15 is 0 Å². The maximum atomic E-state index is 11.0. The van der Waals surface area contributed by atoms with Gasteiger partial charge in [-0.3, -0.25) is 0 Å². The fraction of sp³-hybridized carbons (Fsp3) is 0.100. The molecule has 3 nitrogen and oxygen atoms in total. The van der Waals surface area contributed by atoms with E-state index in [2.05, 4.69) is 17.9 Å². The predicted octanol–water partition coefficient (Wildman–Crippen LogP) is 2.51. The third kappa shape index (κ3) is 3.11. The standard InChI is InChI=1S/C8H8ClNO2.C2H4/c1-12-8(11)5-2-3-7(10)6(9)4-5;1-2/h2-4H,10H2,1H3;1-2H2. The maximum Gasteiger partial charge on any atom is 0.337 e. The van der Waals surface area contributed by atoms with Crippen LogP contribution in [-0.4, -0.2) is 13.1 Å². The lowest BCUT2D eigenvalue weighted by atomic mass is 10.2. The molecule has 0 unspecified atom stereocenters. The van der Waals surface area contributed by atoms with E-state index in [0.717, 1.165) is 0 Å². The van der Waals surface area contributed by atoms with Crippen molar-refractivity contribution >= 4 is 23.3 Å². The molecule has 0 bridgehead atoms. The van der Waals surface area contributed by atoms with E-state index in [0.29, 0.717) is 16.3 Å². The number of halogens is 1. The number of rotatable bonds is 1. The summed E-state index contributed by atoms with van der Waals surface area (Å²) in [5.41, 5.74) is 6.29. The van der Waals surface area contributed by atoms with E-state index in [4.69, 9.17) is 17.3 Å². The third-order valence-electron chi connectivity index (χ3n) is 1.42. The minimum atomic E-state index is -0.420. The number of carbonyl (C=O) groups excluding carboxylic acids is 1. The fourth-order valence-electron chi connectivity index (χ4n) is 0.772. The predicted molar refractivity (Wildman–Crippen MR) is 58.5 cm³/mol. The van der Waals surface area contributed by atoms with Gasteiger partial charge in [0.25, 0.3) is 0 Å². The second-order valence-corrected chi connectivity index (χ2v) is 2.64. The van der Waals surface area contributed by atoms with Crippen LogP contribution in [0.5, 0.6) is 0 Å². The van der Waals surface area contributed by atoms with Crippen molar-refractivity contribution in [2.75, 3.05) is 12.8 Å². The van der Waals surface area contributed by atoms with Crippen molar-refractivity contribution < 1.29 is 9.53 Å². The van der Waals surface area contributed by atoms with Crippen molar-refractivity contribution in [3.8, 4) is 0 Å². The number of esters is 1. The number of benzene rings is 1. The summed E-state index contributed by atoms with van der Waals surface area (Å²) in [4.78, 5) is 11.0. The van der Waals surface area contributed by atoms with E-state index in [1.54, 1.807) is 12.1 Å². The molecule has 0 heterocycles. The molecule has 14 heavy (non-hydrogen) atoms. The molecule has 0 aliphatic heterocycles. The Morgan fingerprint density at radius 1 is 1.50 bits per heavy atom. The number of hydrogen-bond acceptors (Lipinski definition) is 3. The zero-order chi connectivity index (χ0) is 11.1. The molecule has 76 valence electrons. The minimum Gasteiger partial charge on any atom is -0.465 e. The van der Waals surface area contributed by atoms with Gasteiger partial charge in [0.05, 0.1) is 23.4 Å². The van der Waals surface area contributed by atoms with Crippen molar-refractivity contribution in [3.05, 3.63) is 41.9 Å². The Morgan fingerprint density at radius 3 is 2.50 bits per heavy atom. The second kappa shape index (κ2) is 6.05. The minimum absolute atomic E-state index is 0.359. The molecule has 0 radical (unpaired) electrons. The first-order valence-corrected chi connectivity index (χ1v) is 4.16.